The standard InChI is InChI=1S/C22H29N7O3/c1-4-12-6-7-13(5-2)14(8-12)9-25-19-16-20(27-10-26-19)29(11-28-16)22-17(30)15(23)18(32-22)21(31)24-3/h6-8,10-11,15,17-18,22,30H,4-5,9,23H2,1-3H3,(H,24,31)(H,25,26,27). The molecule has 1 aromatic carbocycles. The van der Waals surface area contributed by atoms with Gasteiger partial charge in [0.05, 0.1) is 12.4 Å². The van der Waals surface area contributed by atoms with Gasteiger partial charge in [0.2, 0.25) is 0 Å². The summed E-state index contributed by atoms with van der Waals surface area (Å²) in [5.74, 6) is 0.193. The molecular weight excluding hydrogens is 410 g/mol. The van der Waals surface area contributed by atoms with Crippen LogP contribution in [0.2, 0.25) is 0 Å². The highest BCUT2D eigenvalue weighted by molar-refractivity contribution is 5.83. The Morgan fingerprint density at radius 2 is 2.03 bits per heavy atom. The fraction of sp³-hybridized carbons (Fsp3) is 0.455. The van der Waals surface area contributed by atoms with Crippen LogP contribution in [0.3, 0.4) is 0 Å². The molecule has 1 amide bonds. The molecule has 1 saturated heterocycles. The molecule has 4 rings (SSSR count). The number of likely N-dealkylation sites (N-methyl/N-ethyl adjacent to an activating group) is 1. The van der Waals surface area contributed by atoms with E-state index in [1.54, 1.807) is 4.57 Å². The normalized spacial score (nSPS) is 22.9. The number of benzene rings is 1. The molecule has 1 fully saturated rings. The summed E-state index contributed by atoms with van der Waals surface area (Å²) >= 11 is 0. The molecule has 10 nitrogen and oxygen atoms in total. The van der Waals surface area contributed by atoms with Gasteiger partial charge in [-0.3, -0.25) is 9.36 Å². The lowest BCUT2D eigenvalue weighted by Gasteiger charge is -2.17. The predicted octanol–water partition coefficient (Wildman–Crippen LogP) is 0.895. The number of nitrogens with two attached hydrogens (primary N) is 1. The Labute approximate surface area is 186 Å². The quantitative estimate of drug-likeness (QED) is 0.426. The van der Waals surface area contributed by atoms with Gasteiger partial charge in [-0.1, -0.05) is 32.0 Å². The Kier molecular flexibility index (Phi) is 6.35. The molecule has 1 aliphatic heterocycles. The lowest BCUT2D eigenvalue weighted by atomic mass is 10.0. The second-order valence-electron chi connectivity index (χ2n) is 7.84. The number of fused-ring (bicyclic) bond motifs is 1. The van der Waals surface area contributed by atoms with Gasteiger partial charge in [0, 0.05) is 13.6 Å². The SMILES string of the molecule is CCc1ccc(CC)c(CNc2ncnc3c2ncn3C2OC(C(=O)NC)C(N)C2O)c1. The van der Waals surface area contributed by atoms with E-state index in [2.05, 4.69) is 57.6 Å². The Balaban J connectivity index is 1.60. The molecule has 0 bridgehead atoms. The van der Waals surface area contributed by atoms with Gasteiger partial charge in [-0.15, -0.1) is 0 Å². The van der Waals surface area contributed by atoms with Crippen LogP contribution < -0.4 is 16.4 Å². The van der Waals surface area contributed by atoms with Gasteiger partial charge >= 0.3 is 0 Å². The van der Waals surface area contributed by atoms with E-state index in [0.717, 1.165) is 12.8 Å². The number of amides is 1. The minimum Gasteiger partial charge on any atom is -0.387 e. The lowest BCUT2D eigenvalue weighted by molar-refractivity contribution is -0.134. The number of rotatable bonds is 7. The maximum Gasteiger partial charge on any atom is 0.250 e. The number of aryl methyl sites for hydroxylation is 2. The first kappa shape index (κ1) is 22.1. The van der Waals surface area contributed by atoms with E-state index in [9.17, 15) is 9.90 Å². The largest absolute Gasteiger partial charge is 0.387 e. The van der Waals surface area contributed by atoms with Crippen molar-refractivity contribution in [2.45, 2.75) is 57.7 Å². The zero-order valence-electron chi connectivity index (χ0n) is 18.4. The van der Waals surface area contributed by atoms with E-state index in [4.69, 9.17) is 10.5 Å². The van der Waals surface area contributed by atoms with Crippen molar-refractivity contribution < 1.29 is 14.6 Å². The monoisotopic (exact) mass is 439 g/mol. The average molecular weight is 440 g/mol. The Hall–Kier alpha value is -3.08. The number of aromatic nitrogens is 4. The number of nitrogens with zero attached hydrogens (tertiary/aromatic N) is 4. The molecule has 4 atom stereocenters. The van der Waals surface area contributed by atoms with Crippen molar-refractivity contribution >= 4 is 22.9 Å². The van der Waals surface area contributed by atoms with E-state index in [-0.39, 0.29) is 5.91 Å². The Morgan fingerprint density at radius 3 is 2.75 bits per heavy atom. The Bertz CT molecular complexity index is 1120. The van der Waals surface area contributed by atoms with Crippen LogP contribution in [0, 0.1) is 0 Å². The van der Waals surface area contributed by atoms with Crippen LogP contribution in [0.15, 0.2) is 30.9 Å². The number of hydrogen-bond acceptors (Lipinski definition) is 8. The maximum absolute atomic E-state index is 12.0. The number of aliphatic hydroxyl groups is 1. The molecule has 0 saturated carbocycles. The fourth-order valence-electron chi connectivity index (χ4n) is 4.05. The number of imidazole rings is 1. The molecular formula is C22H29N7O3. The number of carbonyl (C=O) groups excluding carboxylic acids is 1. The van der Waals surface area contributed by atoms with E-state index in [0.29, 0.717) is 23.5 Å². The van der Waals surface area contributed by atoms with E-state index < -0.39 is 24.5 Å². The molecule has 0 spiro atoms. The highest BCUT2D eigenvalue weighted by Crippen LogP contribution is 2.31. The number of carbonyl (C=O) groups is 1. The first-order valence-electron chi connectivity index (χ1n) is 10.8. The van der Waals surface area contributed by atoms with Gasteiger partial charge in [-0.05, 0) is 29.5 Å². The molecule has 0 radical (unpaired) electrons. The van der Waals surface area contributed by atoms with Crippen molar-refractivity contribution in [2.24, 2.45) is 5.73 Å². The highest BCUT2D eigenvalue weighted by atomic mass is 16.5. The van der Waals surface area contributed by atoms with E-state index >= 15 is 0 Å². The molecule has 2 aromatic heterocycles. The smallest absolute Gasteiger partial charge is 0.250 e. The number of hydrogen-bond donors (Lipinski definition) is 4. The summed E-state index contributed by atoms with van der Waals surface area (Å²) in [7, 11) is 1.50. The predicted molar refractivity (Wildman–Crippen MR) is 120 cm³/mol. The van der Waals surface area contributed by atoms with Crippen LogP contribution in [0.1, 0.15) is 36.8 Å². The molecule has 0 aliphatic carbocycles. The third-order valence-corrected chi connectivity index (χ3v) is 5.97. The van der Waals surface area contributed by atoms with Crippen molar-refractivity contribution in [3.63, 3.8) is 0 Å². The lowest BCUT2D eigenvalue weighted by Crippen LogP contribution is -2.46. The van der Waals surface area contributed by atoms with Gasteiger partial charge in [0.1, 0.15) is 12.4 Å². The van der Waals surface area contributed by atoms with Crippen LogP contribution in [0.25, 0.3) is 11.2 Å². The molecule has 32 heavy (non-hydrogen) atoms. The number of aliphatic hydroxyl groups excluding tert-OH is 1. The second kappa shape index (κ2) is 9.19. The van der Waals surface area contributed by atoms with Crippen LogP contribution >= 0.6 is 0 Å². The zero-order chi connectivity index (χ0) is 22.8. The van der Waals surface area contributed by atoms with Gasteiger partial charge in [0.15, 0.2) is 29.3 Å². The summed E-state index contributed by atoms with van der Waals surface area (Å²) in [5, 5.41) is 16.5. The maximum atomic E-state index is 12.0. The third-order valence-electron chi connectivity index (χ3n) is 5.97. The summed E-state index contributed by atoms with van der Waals surface area (Å²) in [6.45, 7) is 4.87. The molecule has 4 unspecified atom stereocenters. The molecule has 1 aliphatic rings. The molecule has 170 valence electrons. The second-order valence-corrected chi connectivity index (χ2v) is 7.84. The van der Waals surface area contributed by atoms with Crippen molar-refractivity contribution in [1.82, 2.24) is 24.8 Å². The highest BCUT2D eigenvalue weighted by Gasteiger charge is 2.46. The molecule has 3 heterocycles. The summed E-state index contributed by atoms with van der Waals surface area (Å²) < 4.78 is 7.36. The molecule has 10 heteroatoms. The number of nitrogens with one attached hydrogen (secondary N) is 2. The van der Waals surface area contributed by atoms with Crippen molar-refractivity contribution in [3.8, 4) is 0 Å². The summed E-state index contributed by atoms with van der Waals surface area (Å²) in [5.41, 5.74) is 10.8. The van der Waals surface area contributed by atoms with Gasteiger partial charge in [0.25, 0.3) is 5.91 Å². The topological polar surface area (TPSA) is 140 Å². The molecule has 5 N–H and O–H groups in total. The first-order valence-corrected chi connectivity index (χ1v) is 10.8. The Morgan fingerprint density at radius 1 is 1.22 bits per heavy atom. The summed E-state index contributed by atoms with van der Waals surface area (Å²) in [6.07, 6.45) is 1.93. The van der Waals surface area contributed by atoms with Crippen LogP contribution in [-0.4, -0.2) is 55.8 Å². The number of anilines is 1. The van der Waals surface area contributed by atoms with Gasteiger partial charge in [-0.25, -0.2) is 15.0 Å². The van der Waals surface area contributed by atoms with E-state index in [1.165, 1.54) is 36.4 Å². The average Bonchev–Trinajstić information content (AvgIpc) is 3.38. The van der Waals surface area contributed by atoms with Crippen LogP contribution in [0.5, 0.6) is 0 Å². The zero-order valence-corrected chi connectivity index (χ0v) is 18.4. The van der Waals surface area contributed by atoms with E-state index in [1.807, 2.05) is 0 Å². The number of ether oxygens (including phenoxy) is 1. The van der Waals surface area contributed by atoms with Crippen LogP contribution in [0.4, 0.5) is 5.82 Å². The minimum atomic E-state index is -1.09. The van der Waals surface area contributed by atoms with Crippen molar-refractivity contribution in [2.75, 3.05) is 12.4 Å². The van der Waals surface area contributed by atoms with Crippen molar-refractivity contribution in [1.29, 1.82) is 0 Å². The first-order chi connectivity index (χ1) is 15.5. The third kappa shape index (κ3) is 3.92. The van der Waals surface area contributed by atoms with Crippen molar-refractivity contribution in [3.05, 3.63) is 47.5 Å². The summed E-state index contributed by atoms with van der Waals surface area (Å²) in [6, 6.07) is 5.68. The fourth-order valence-corrected chi connectivity index (χ4v) is 4.05. The van der Waals surface area contributed by atoms with Crippen LogP contribution in [-0.2, 0) is 28.9 Å². The summed E-state index contributed by atoms with van der Waals surface area (Å²) in [4.78, 5) is 25.2. The minimum absolute atomic E-state index is 0.388. The van der Waals surface area contributed by atoms with Gasteiger partial charge < -0.3 is 26.2 Å². The molecule has 3 aromatic rings. The van der Waals surface area contributed by atoms with Gasteiger partial charge in [-0.2, -0.15) is 0 Å².